The van der Waals surface area contributed by atoms with Crippen LogP contribution in [0, 0.1) is 11.8 Å². The summed E-state index contributed by atoms with van der Waals surface area (Å²) < 4.78 is 0. The number of piperidine rings is 1. The molecule has 0 saturated carbocycles. The van der Waals surface area contributed by atoms with E-state index < -0.39 is 0 Å². The maximum atomic E-state index is 12.0. The summed E-state index contributed by atoms with van der Waals surface area (Å²) in [7, 11) is 3.43. The van der Waals surface area contributed by atoms with Crippen LogP contribution >= 0.6 is 0 Å². The number of urea groups is 1. The fourth-order valence-corrected chi connectivity index (χ4v) is 2.13. The van der Waals surface area contributed by atoms with Crippen molar-refractivity contribution in [3.63, 3.8) is 0 Å². The lowest BCUT2D eigenvalue weighted by Crippen LogP contribution is -2.49. The normalized spacial score (nSPS) is 20.8. The van der Waals surface area contributed by atoms with Gasteiger partial charge in [0.25, 0.3) is 0 Å². The van der Waals surface area contributed by atoms with E-state index in [9.17, 15) is 9.59 Å². The number of aliphatic hydroxyl groups is 1. The Morgan fingerprint density at radius 3 is 2.74 bits per heavy atom. The van der Waals surface area contributed by atoms with Gasteiger partial charge < -0.3 is 20.2 Å². The Morgan fingerprint density at radius 1 is 1.47 bits per heavy atom. The van der Waals surface area contributed by atoms with Gasteiger partial charge in [-0.2, -0.15) is 0 Å². The van der Waals surface area contributed by atoms with Crippen LogP contribution in [0.25, 0.3) is 0 Å². The molecule has 19 heavy (non-hydrogen) atoms. The Kier molecular flexibility index (Phi) is 6.08. The van der Waals surface area contributed by atoms with Gasteiger partial charge in [0.1, 0.15) is 0 Å². The second-order valence-electron chi connectivity index (χ2n) is 5.50. The zero-order chi connectivity index (χ0) is 14.4. The summed E-state index contributed by atoms with van der Waals surface area (Å²) in [4.78, 5) is 27.1. The van der Waals surface area contributed by atoms with Crippen molar-refractivity contribution >= 4 is 11.9 Å². The molecule has 0 bridgehead atoms. The van der Waals surface area contributed by atoms with Gasteiger partial charge >= 0.3 is 6.03 Å². The van der Waals surface area contributed by atoms with Crippen molar-refractivity contribution in [1.29, 1.82) is 0 Å². The lowest BCUT2D eigenvalue weighted by atomic mass is 9.97. The molecule has 6 nitrogen and oxygen atoms in total. The number of aliphatic hydroxyl groups excluding tert-OH is 1. The molecular weight excluding hydrogens is 246 g/mol. The molecule has 1 rings (SSSR count). The third-order valence-electron chi connectivity index (χ3n) is 3.38. The van der Waals surface area contributed by atoms with Crippen LogP contribution in [-0.4, -0.2) is 67.2 Å². The highest BCUT2D eigenvalue weighted by Crippen LogP contribution is 2.17. The lowest BCUT2D eigenvalue weighted by molar-refractivity contribution is -0.126. The van der Waals surface area contributed by atoms with Crippen LogP contribution in [-0.2, 0) is 4.79 Å². The van der Waals surface area contributed by atoms with E-state index >= 15 is 0 Å². The summed E-state index contributed by atoms with van der Waals surface area (Å²) in [5, 5.41) is 11.8. The standard InChI is InChI=1S/C13H25N3O3/c1-10(9-17)7-14-12(18)11-5-4-6-16(8-11)13(19)15(2)3/h10-11,17H,4-9H2,1-3H3,(H,14,18). The van der Waals surface area contributed by atoms with Crippen LogP contribution in [0.2, 0.25) is 0 Å². The van der Waals surface area contributed by atoms with E-state index in [2.05, 4.69) is 5.32 Å². The number of nitrogens with zero attached hydrogens (tertiary/aromatic N) is 2. The molecular formula is C13H25N3O3. The van der Waals surface area contributed by atoms with E-state index in [4.69, 9.17) is 5.11 Å². The van der Waals surface area contributed by atoms with Crippen LogP contribution in [0.5, 0.6) is 0 Å². The molecule has 1 heterocycles. The van der Waals surface area contributed by atoms with Gasteiger partial charge in [0.05, 0.1) is 5.92 Å². The maximum absolute atomic E-state index is 12.0. The summed E-state index contributed by atoms with van der Waals surface area (Å²) in [5.41, 5.74) is 0. The summed E-state index contributed by atoms with van der Waals surface area (Å²) in [5.74, 6) is -0.0906. The van der Waals surface area contributed by atoms with Gasteiger partial charge in [0.2, 0.25) is 5.91 Å². The first-order chi connectivity index (χ1) is 8.95. The first-order valence-corrected chi connectivity index (χ1v) is 6.80. The molecule has 0 aromatic carbocycles. The average Bonchev–Trinajstić information content (AvgIpc) is 2.43. The predicted molar refractivity (Wildman–Crippen MR) is 72.6 cm³/mol. The molecule has 1 fully saturated rings. The van der Waals surface area contributed by atoms with E-state index in [-0.39, 0.29) is 30.4 Å². The number of hydrogen-bond donors (Lipinski definition) is 2. The van der Waals surface area contributed by atoms with Crippen LogP contribution in [0.15, 0.2) is 0 Å². The maximum Gasteiger partial charge on any atom is 0.319 e. The van der Waals surface area contributed by atoms with E-state index in [1.807, 2.05) is 6.92 Å². The van der Waals surface area contributed by atoms with Gasteiger partial charge in [-0.05, 0) is 18.8 Å². The smallest absolute Gasteiger partial charge is 0.319 e. The summed E-state index contributed by atoms with van der Waals surface area (Å²) in [6.45, 7) is 3.62. The van der Waals surface area contributed by atoms with Gasteiger partial charge in [-0.1, -0.05) is 6.92 Å². The minimum atomic E-state index is -0.136. The number of hydrogen-bond acceptors (Lipinski definition) is 3. The van der Waals surface area contributed by atoms with E-state index in [0.717, 1.165) is 12.8 Å². The van der Waals surface area contributed by atoms with Crippen LogP contribution in [0.1, 0.15) is 19.8 Å². The SMILES string of the molecule is CC(CO)CNC(=O)C1CCCN(C(=O)N(C)C)C1. The van der Waals surface area contributed by atoms with Gasteiger partial charge in [-0.15, -0.1) is 0 Å². The van der Waals surface area contributed by atoms with Gasteiger partial charge in [-0.25, -0.2) is 4.79 Å². The van der Waals surface area contributed by atoms with Crippen molar-refractivity contribution in [1.82, 2.24) is 15.1 Å². The van der Waals surface area contributed by atoms with Crippen molar-refractivity contribution in [2.75, 3.05) is 40.3 Å². The van der Waals surface area contributed by atoms with Crippen molar-refractivity contribution in [3.8, 4) is 0 Å². The highest BCUT2D eigenvalue weighted by Gasteiger charge is 2.28. The van der Waals surface area contributed by atoms with Crippen molar-refractivity contribution in [2.24, 2.45) is 11.8 Å². The fraction of sp³-hybridized carbons (Fsp3) is 0.846. The molecule has 2 N–H and O–H groups in total. The number of carbonyl (C=O) groups is 2. The number of likely N-dealkylation sites (tertiary alicyclic amines) is 1. The van der Waals surface area contributed by atoms with Gasteiger partial charge in [0, 0.05) is 40.3 Å². The highest BCUT2D eigenvalue weighted by molar-refractivity contribution is 5.80. The molecule has 1 aliphatic rings. The molecule has 2 unspecified atom stereocenters. The van der Waals surface area contributed by atoms with Crippen molar-refractivity contribution in [2.45, 2.75) is 19.8 Å². The highest BCUT2D eigenvalue weighted by atomic mass is 16.3. The molecule has 0 radical (unpaired) electrons. The van der Waals surface area contributed by atoms with E-state index in [1.54, 1.807) is 19.0 Å². The largest absolute Gasteiger partial charge is 0.396 e. The molecule has 2 atom stereocenters. The third-order valence-corrected chi connectivity index (χ3v) is 3.38. The number of carbonyl (C=O) groups excluding carboxylic acids is 2. The molecule has 1 saturated heterocycles. The fourth-order valence-electron chi connectivity index (χ4n) is 2.13. The Balaban J connectivity index is 2.45. The zero-order valence-corrected chi connectivity index (χ0v) is 12.1. The Labute approximate surface area is 114 Å². The average molecular weight is 271 g/mol. The number of nitrogens with one attached hydrogen (secondary N) is 1. The quantitative estimate of drug-likeness (QED) is 0.763. The van der Waals surface area contributed by atoms with E-state index in [0.29, 0.717) is 19.6 Å². The topological polar surface area (TPSA) is 72.9 Å². The monoisotopic (exact) mass is 271 g/mol. The molecule has 1 aliphatic heterocycles. The van der Waals surface area contributed by atoms with Crippen LogP contribution in [0.3, 0.4) is 0 Å². The number of amides is 3. The van der Waals surface area contributed by atoms with Gasteiger partial charge in [-0.3, -0.25) is 4.79 Å². The summed E-state index contributed by atoms with van der Waals surface area (Å²) >= 11 is 0. The predicted octanol–water partition coefficient (Wildman–Crippen LogP) is 0.125. The molecule has 3 amide bonds. The molecule has 110 valence electrons. The molecule has 0 aromatic heterocycles. The molecule has 6 heteroatoms. The van der Waals surface area contributed by atoms with Crippen LogP contribution in [0.4, 0.5) is 4.79 Å². The Hall–Kier alpha value is -1.30. The second-order valence-corrected chi connectivity index (χ2v) is 5.50. The molecule has 0 aliphatic carbocycles. The Morgan fingerprint density at radius 2 is 2.16 bits per heavy atom. The minimum absolute atomic E-state index is 0.0171. The first-order valence-electron chi connectivity index (χ1n) is 6.80. The number of rotatable bonds is 4. The molecule has 0 spiro atoms. The van der Waals surface area contributed by atoms with Crippen molar-refractivity contribution < 1.29 is 14.7 Å². The van der Waals surface area contributed by atoms with Crippen molar-refractivity contribution in [3.05, 3.63) is 0 Å². The lowest BCUT2D eigenvalue weighted by Gasteiger charge is -2.33. The molecule has 0 aromatic rings. The summed E-state index contributed by atoms with van der Waals surface area (Å²) in [6, 6.07) is -0.0405. The third kappa shape index (κ3) is 4.70. The van der Waals surface area contributed by atoms with Gasteiger partial charge in [0.15, 0.2) is 0 Å². The zero-order valence-electron chi connectivity index (χ0n) is 12.1. The minimum Gasteiger partial charge on any atom is -0.396 e. The first kappa shape index (κ1) is 15.8. The van der Waals surface area contributed by atoms with Crippen LogP contribution < -0.4 is 5.32 Å². The Bertz CT molecular complexity index is 320. The van der Waals surface area contributed by atoms with E-state index in [1.165, 1.54) is 4.90 Å². The second kappa shape index (κ2) is 7.33. The summed E-state index contributed by atoms with van der Waals surface area (Å²) in [6.07, 6.45) is 1.67.